The lowest BCUT2D eigenvalue weighted by Gasteiger charge is -2.19. The van der Waals surface area contributed by atoms with Gasteiger partial charge in [-0.2, -0.15) is 0 Å². The maximum absolute atomic E-state index is 12.3. The molecule has 2 aromatic rings. The topological polar surface area (TPSA) is 47.6 Å². The van der Waals surface area contributed by atoms with Gasteiger partial charge in [-0.25, -0.2) is 0 Å². The summed E-state index contributed by atoms with van der Waals surface area (Å²) in [6, 6.07) is 13.7. The Hall–Kier alpha value is -2.02. The highest BCUT2D eigenvalue weighted by Crippen LogP contribution is 2.33. The second-order valence-electron chi connectivity index (χ2n) is 7.17. The first-order chi connectivity index (χ1) is 12.3. The first kappa shape index (κ1) is 18.8. The van der Waals surface area contributed by atoms with E-state index in [9.17, 15) is 4.79 Å². The van der Waals surface area contributed by atoms with E-state index in [1.807, 2.05) is 12.1 Å². The molecule has 0 atom stereocenters. The summed E-state index contributed by atoms with van der Waals surface area (Å²) >= 11 is 2.19. The molecule has 2 aromatic carbocycles. The lowest BCUT2D eigenvalue weighted by atomic mass is 9.87. The SMILES string of the molecule is CC(C)(C)c1ccc(C(I)=CC(=O)Nc2ccc3c(c2)OCCO3)cc1. The number of ether oxygens (including phenoxy) is 2. The highest BCUT2D eigenvalue weighted by molar-refractivity contribution is 14.1. The molecule has 0 aliphatic carbocycles. The molecule has 3 rings (SSSR count). The van der Waals surface area contributed by atoms with Crippen molar-refractivity contribution in [3.63, 3.8) is 0 Å². The Labute approximate surface area is 167 Å². The lowest BCUT2D eigenvalue weighted by Crippen LogP contribution is -2.16. The summed E-state index contributed by atoms with van der Waals surface area (Å²) in [4.78, 5) is 12.3. The van der Waals surface area contributed by atoms with Gasteiger partial charge in [-0.15, -0.1) is 0 Å². The lowest BCUT2D eigenvalue weighted by molar-refractivity contribution is -0.111. The fourth-order valence-corrected chi connectivity index (χ4v) is 3.27. The van der Waals surface area contributed by atoms with Gasteiger partial charge in [0.2, 0.25) is 5.91 Å². The quantitative estimate of drug-likeness (QED) is 0.505. The molecule has 1 aliphatic rings. The van der Waals surface area contributed by atoms with Crippen LogP contribution in [-0.4, -0.2) is 19.1 Å². The predicted molar refractivity (Wildman–Crippen MR) is 113 cm³/mol. The number of nitrogens with one attached hydrogen (secondary N) is 1. The van der Waals surface area contributed by atoms with Crippen molar-refractivity contribution in [3.8, 4) is 11.5 Å². The highest BCUT2D eigenvalue weighted by atomic mass is 127. The van der Waals surface area contributed by atoms with Gasteiger partial charge in [0.25, 0.3) is 0 Å². The summed E-state index contributed by atoms with van der Waals surface area (Å²) in [6.07, 6.45) is 1.60. The van der Waals surface area contributed by atoms with Gasteiger partial charge < -0.3 is 14.8 Å². The van der Waals surface area contributed by atoms with Crippen molar-refractivity contribution in [2.75, 3.05) is 18.5 Å². The molecule has 4 nitrogen and oxygen atoms in total. The van der Waals surface area contributed by atoms with Gasteiger partial charge in [0.15, 0.2) is 11.5 Å². The van der Waals surface area contributed by atoms with Gasteiger partial charge in [0.1, 0.15) is 13.2 Å². The van der Waals surface area contributed by atoms with Crippen molar-refractivity contribution in [1.29, 1.82) is 0 Å². The summed E-state index contributed by atoms with van der Waals surface area (Å²) in [5, 5.41) is 2.87. The van der Waals surface area contributed by atoms with E-state index >= 15 is 0 Å². The third-order valence-electron chi connectivity index (χ3n) is 4.09. The van der Waals surface area contributed by atoms with E-state index < -0.39 is 0 Å². The molecule has 0 saturated carbocycles. The molecule has 0 radical (unpaired) electrons. The van der Waals surface area contributed by atoms with E-state index in [-0.39, 0.29) is 11.3 Å². The maximum atomic E-state index is 12.3. The van der Waals surface area contributed by atoms with Crippen LogP contribution in [0, 0.1) is 0 Å². The van der Waals surface area contributed by atoms with Crippen molar-refractivity contribution in [2.24, 2.45) is 0 Å². The number of rotatable bonds is 3. The van der Waals surface area contributed by atoms with Crippen molar-refractivity contribution in [3.05, 3.63) is 59.7 Å². The minimum absolute atomic E-state index is 0.114. The zero-order chi connectivity index (χ0) is 18.7. The van der Waals surface area contributed by atoms with Crippen LogP contribution in [0.2, 0.25) is 0 Å². The van der Waals surface area contributed by atoms with Crippen LogP contribution in [0.25, 0.3) is 3.58 Å². The number of anilines is 1. The molecule has 136 valence electrons. The van der Waals surface area contributed by atoms with Crippen molar-refractivity contribution < 1.29 is 14.3 Å². The molecule has 0 spiro atoms. The van der Waals surface area contributed by atoms with E-state index in [4.69, 9.17) is 9.47 Å². The van der Waals surface area contributed by atoms with Gasteiger partial charge in [-0.3, -0.25) is 4.79 Å². The first-order valence-corrected chi connectivity index (χ1v) is 9.59. The minimum Gasteiger partial charge on any atom is -0.486 e. The number of halogens is 1. The van der Waals surface area contributed by atoms with Gasteiger partial charge in [-0.1, -0.05) is 45.0 Å². The third kappa shape index (κ3) is 4.58. The minimum atomic E-state index is -0.175. The van der Waals surface area contributed by atoms with Crippen LogP contribution in [0.1, 0.15) is 31.9 Å². The molecule has 5 heteroatoms. The summed E-state index contributed by atoms with van der Waals surface area (Å²) in [6.45, 7) is 7.62. The second kappa shape index (κ2) is 7.70. The molecule has 0 aromatic heterocycles. The van der Waals surface area contributed by atoms with E-state index in [1.54, 1.807) is 12.1 Å². The van der Waals surface area contributed by atoms with Crippen molar-refractivity contribution in [1.82, 2.24) is 0 Å². The maximum Gasteiger partial charge on any atom is 0.249 e. The largest absolute Gasteiger partial charge is 0.486 e. The van der Waals surface area contributed by atoms with E-state index in [2.05, 4.69) is 72.9 Å². The standard InChI is InChI=1S/C21H22INO3/c1-21(2,3)15-6-4-14(5-7-15)17(22)13-20(24)23-16-8-9-18-19(12-16)26-11-10-25-18/h4-9,12-13H,10-11H2,1-3H3,(H,23,24). The fourth-order valence-electron chi connectivity index (χ4n) is 2.63. The molecule has 0 saturated heterocycles. The number of fused-ring (bicyclic) bond motifs is 1. The first-order valence-electron chi connectivity index (χ1n) is 8.52. The Morgan fingerprint density at radius 1 is 1.04 bits per heavy atom. The summed E-state index contributed by atoms with van der Waals surface area (Å²) in [5.74, 6) is 1.19. The Morgan fingerprint density at radius 3 is 2.35 bits per heavy atom. The number of carbonyl (C=O) groups excluding carboxylic acids is 1. The normalized spacial score (nSPS) is 14.1. The molecule has 0 unspecified atom stereocenters. The Morgan fingerprint density at radius 2 is 1.69 bits per heavy atom. The fraction of sp³-hybridized carbons (Fsp3) is 0.286. The molecular weight excluding hydrogens is 441 g/mol. The Kier molecular flexibility index (Phi) is 5.55. The van der Waals surface area contributed by atoms with E-state index in [1.165, 1.54) is 5.56 Å². The molecule has 1 N–H and O–H groups in total. The van der Waals surface area contributed by atoms with Crippen LogP contribution in [0.15, 0.2) is 48.5 Å². The van der Waals surface area contributed by atoms with E-state index in [0.717, 1.165) is 9.14 Å². The number of carbonyl (C=O) groups is 1. The average molecular weight is 463 g/mol. The van der Waals surface area contributed by atoms with Crippen LogP contribution in [-0.2, 0) is 10.2 Å². The molecule has 26 heavy (non-hydrogen) atoms. The second-order valence-corrected chi connectivity index (χ2v) is 8.33. The summed E-state index contributed by atoms with van der Waals surface area (Å²) in [5.41, 5.74) is 3.09. The zero-order valence-electron chi connectivity index (χ0n) is 15.1. The number of hydrogen-bond acceptors (Lipinski definition) is 3. The molecular formula is C21H22INO3. The average Bonchev–Trinajstić information content (AvgIpc) is 2.61. The molecule has 1 aliphatic heterocycles. The summed E-state index contributed by atoms with van der Waals surface area (Å²) < 4.78 is 11.9. The Balaban J connectivity index is 1.70. The van der Waals surface area contributed by atoms with Crippen LogP contribution in [0.5, 0.6) is 11.5 Å². The van der Waals surface area contributed by atoms with Gasteiger partial charge >= 0.3 is 0 Å². The van der Waals surface area contributed by atoms with Gasteiger partial charge in [0.05, 0.1) is 0 Å². The molecule has 1 amide bonds. The summed E-state index contributed by atoms with van der Waals surface area (Å²) in [7, 11) is 0. The highest BCUT2D eigenvalue weighted by Gasteiger charge is 2.14. The van der Waals surface area contributed by atoms with E-state index in [0.29, 0.717) is 30.4 Å². The number of benzene rings is 2. The number of hydrogen-bond donors (Lipinski definition) is 1. The van der Waals surface area contributed by atoms with Crippen LogP contribution in [0.4, 0.5) is 5.69 Å². The zero-order valence-corrected chi connectivity index (χ0v) is 17.3. The van der Waals surface area contributed by atoms with Crippen LogP contribution in [0.3, 0.4) is 0 Å². The van der Waals surface area contributed by atoms with Crippen molar-refractivity contribution in [2.45, 2.75) is 26.2 Å². The van der Waals surface area contributed by atoms with Crippen LogP contribution >= 0.6 is 22.6 Å². The van der Waals surface area contributed by atoms with Crippen LogP contribution < -0.4 is 14.8 Å². The van der Waals surface area contributed by atoms with Gasteiger partial charge in [-0.05, 0) is 51.3 Å². The molecule has 0 fully saturated rings. The Bertz CT molecular complexity index is 835. The number of amides is 1. The molecule has 1 heterocycles. The van der Waals surface area contributed by atoms with Crippen molar-refractivity contribution >= 4 is 37.8 Å². The van der Waals surface area contributed by atoms with Gasteiger partial charge in [0, 0.05) is 21.4 Å². The monoisotopic (exact) mass is 463 g/mol. The smallest absolute Gasteiger partial charge is 0.249 e. The third-order valence-corrected chi connectivity index (χ3v) is 5.03. The predicted octanol–water partition coefficient (Wildman–Crippen LogP) is 5.17. The molecule has 0 bridgehead atoms.